The summed E-state index contributed by atoms with van der Waals surface area (Å²) in [7, 11) is -8.78. The van der Waals surface area contributed by atoms with Crippen molar-refractivity contribution >= 4 is 37.0 Å². The predicted molar refractivity (Wildman–Crippen MR) is 154 cm³/mol. The van der Waals surface area contributed by atoms with Gasteiger partial charge in [0.2, 0.25) is 0 Å². The number of phosphoric acid groups is 1. The second kappa shape index (κ2) is 15.7. The van der Waals surface area contributed by atoms with Gasteiger partial charge in [-0.2, -0.15) is 11.1 Å². The fourth-order valence-corrected chi connectivity index (χ4v) is 6.47. The van der Waals surface area contributed by atoms with Crippen LogP contribution in [0.4, 0.5) is 8.96 Å². The van der Waals surface area contributed by atoms with Crippen LogP contribution in [0, 0.1) is 11.8 Å². The number of phosphoric ester groups is 1. The Morgan fingerprint density at radius 1 is 0.795 bits per heavy atom. The molecule has 0 fully saturated rings. The molecule has 0 aliphatic carbocycles. The Hall–Kier alpha value is -2.50. The minimum atomic E-state index is -4.69. The summed E-state index contributed by atoms with van der Waals surface area (Å²) in [5, 5.41) is 8.38. The molecular formula is C24H34F2N4O12P2. The number of nitrogens with one attached hydrogen (secondary N) is 2. The molecule has 0 radical (unpaired) electrons. The van der Waals surface area contributed by atoms with Crippen LogP contribution < -0.4 is 33.3 Å². The highest BCUT2D eigenvalue weighted by molar-refractivity contribution is 7.52. The lowest BCUT2D eigenvalue weighted by atomic mass is 10.0. The third-order valence-electron chi connectivity index (χ3n) is 7.10. The summed E-state index contributed by atoms with van der Waals surface area (Å²) >= 11 is 0. The van der Waals surface area contributed by atoms with Crippen LogP contribution in [0.1, 0.15) is 19.8 Å². The molecule has 1 aromatic carbocycles. The molecule has 246 valence electrons. The normalized spacial score (nSPS) is 16.3. The standard InChI is InChI=1S/C24H34F2N4O12P2/c1-2-15(11-27-25)3-8-43(36,37)40-6-4-29-21(32)17-9-19-20(10-18(17)22(29)33)24(35)30(23(19)34)5-7-41-44(38,39)42-14-16(13-31)12-28-26/h9-10,15-16,27-28,31H,2-8,11-14H2,1H3,(H,36,37)(H,38,39). The maximum Gasteiger partial charge on any atom is 0.472 e. The van der Waals surface area contributed by atoms with Crippen molar-refractivity contribution in [1.29, 1.82) is 0 Å². The maximum absolute atomic E-state index is 12.9. The second-order valence-corrected chi connectivity index (χ2v) is 13.5. The third-order valence-corrected chi connectivity index (χ3v) is 9.49. The van der Waals surface area contributed by atoms with Gasteiger partial charge in [-0.3, -0.25) is 41.9 Å². The highest BCUT2D eigenvalue weighted by Gasteiger charge is 2.25. The average molecular weight is 670 g/mol. The van der Waals surface area contributed by atoms with Crippen LogP contribution in [0.2, 0.25) is 0 Å². The van der Waals surface area contributed by atoms with Gasteiger partial charge in [0.15, 0.2) is 0 Å². The van der Waals surface area contributed by atoms with Crippen molar-refractivity contribution < 1.29 is 46.6 Å². The first-order valence-electron chi connectivity index (χ1n) is 13.6. The monoisotopic (exact) mass is 670 g/mol. The quantitative estimate of drug-likeness (QED) is 0.0801. The van der Waals surface area contributed by atoms with Crippen molar-refractivity contribution in [2.24, 2.45) is 11.8 Å². The highest BCUT2D eigenvalue weighted by atomic mass is 31.2. The molecule has 0 aliphatic heterocycles. The van der Waals surface area contributed by atoms with E-state index in [9.17, 15) is 47.1 Å². The zero-order valence-corrected chi connectivity index (χ0v) is 25.4. The molecule has 20 heteroatoms. The van der Waals surface area contributed by atoms with Gasteiger partial charge in [0.1, 0.15) is 0 Å². The number of fused-ring (bicyclic) bond motifs is 2. The van der Waals surface area contributed by atoms with Crippen LogP contribution in [0.5, 0.6) is 0 Å². The number of benzene rings is 1. The summed E-state index contributed by atoms with van der Waals surface area (Å²) in [6, 6.07) is 2.17. The molecule has 0 aliphatic rings. The first kappa shape index (κ1) is 36.0. The first-order chi connectivity index (χ1) is 20.8. The molecule has 3 rings (SSSR count). The number of hydrogen-bond donors (Lipinski definition) is 5. The molecule has 0 spiro atoms. The summed E-state index contributed by atoms with van der Waals surface area (Å²) < 4.78 is 64.9. The first-order valence-corrected chi connectivity index (χ1v) is 16.8. The smallest absolute Gasteiger partial charge is 0.396 e. The van der Waals surface area contributed by atoms with E-state index in [0.717, 1.165) is 16.7 Å². The van der Waals surface area contributed by atoms with Crippen molar-refractivity contribution in [3.63, 3.8) is 0 Å². The third kappa shape index (κ3) is 8.81. The van der Waals surface area contributed by atoms with Gasteiger partial charge >= 0.3 is 15.4 Å². The van der Waals surface area contributed by atoms with Gasteiger partial charge in [0, 0.05) is 25.6 Å². The predicted octanol–water partition coefficient (Wildman–Crippen LogP) is 0.221. The van der Waals surface area contributed by atoms with Gasteiger partial charge in [-0.25, -0.2) is 4.57 Å². The zero-order valence-electron chi connectivity index (χ0n) is 23.6. The largest absolute Gasteiger partial charge is 0.472 e. The highest BCUT2D eigenvalue weighted by Crippen LogP contribution is 2.44. The summed E-state index contributed by atoms with van der Waals surface area (Å²) in [4.78, 5) is 71.6. The minimum absolute atomic E-state index is 0.0139. The number of hydrogen-bond acceptors (Lipinski definition) is 12. The van der Waals surface area contributed by atoms with Crippen LogP contribution in [0.3, 0.4) is 0 Å². The lowest BCUT2D eigenvalue weighted by molar-refractivity contribution is 0.0979. The number of aromatic nitrogens is 2. The van der Waals surface area contributed by atoms with E-state index < -0.39 is 76.5 Å². The van der Waals surface area contributed by atoms with E-state index in [2.05, 4.69) is 4.52 Å². The number of halogens is 2. The van der Waals surface area contributed by atoms with E-state index in [1.54, 1.807) is 6.92 Å². The van der Waals surface area contributed by atoms with E-state index >= 15 is 0 Å². The lowest BCUT2D eigenvalue weighted by Crippen LogP contribution is -2.28. The van der Waals surface area contributed by atoms with Crippen LogP contribution in [-0.2, 0) is 35.8 Å². The molecule has 0 bridgehead atoms. The number of aliphatic hydroxyl groups excluding tert-OH is 1. The molecule has 4 unspecified atom stereocenters. The van der Waals surface area contributed by atoms with Crippen molar-refractivity contribution in [2.75, 3.05) is 45.7 Å². The van der Waals surface area contributed by atoms with Crippen molar-refractivity contribution in [2.45, 2.75) is 32.9 Å². The molecule has 2 aromatic heterocycles. The van der Waals surface area contributed by atoms with E-state index in [4.69, 9.17) is 14.2 Å². The molecule has 0 saturated carbocycles. The molecule has 4 atom stereocenters. The number of rotatable bonds is 20. The Kier molecular flexibility index (Phi) is 12.8. The van der Waals surface area contributed by atoms with Gasteiger partial charge in [-0.15, -0.1) is 8.96 Å². The minimum Gasteiger partial charge on any atom is -0.396 e. The van der Waals surface area contributed by atoms with Crippen LogP contribution in [-0.4, -0.2) is 69.7 Å². The molecule has 44 heavy (non-hydrogen) atoms. The molecule has 2 heterocycles. The molecule has 0 amide bonds. The number of nitrogens with zero attached hydrogens (tertiary/aromatic N) is 2. The molecular weight excluding hydrogens is 636 g/mol. The molecule has 16 nitrogen and oxygen atoms in total. The maximum atomic E-state index is 12.9. The van der Waals surface area contributed by atoms with Crippen LogP contribution in [0.25, 0.3) is 21.5 Å². The van der Waals surface area contributed by atoms with E-state index in [1.165, 1.54) is 11.1 Å². The fourth-order valence-electron chi connectivity index (χ4n) is 4.49. The van der Waals surface area contributed by atoms with Gasteiger partial charge in [-0.05, 0) is 24.5 Å². The van der Waals surface area contributed by atoms with Gasteiger partial charge in [0.25, 0.3) is 22.2 Å². The summed E-state index contributed by atoms with van der Waals surface area (Å²) in [5.74, 6) is -1.03. The van der Waals surface area contributed by atoms with Crippen molar-refractivity contribution in [3.05, 3.63) is 53.5 Å². The van der Waals surface area contributed by atoms with E-state index in [0.29, 0.717) is 11.0 Å². The number of aliphatic hydroxyl groups is 1. The molecule has 3 aromatic rings. The Bertz CT molecular complexity index is 1540. The van der Waals surface area contributed by atoms with E-state index in [-0.39, 0.29) is 59.7 Å². The summed E-state index contributed by atoms with van der Waals surface area (Å²) in [5.41, 5.74) is -0.515. The summed E-state index contributed by atoms with van der Waals surface area (Å²) in [6.45, 7) is -1.57. The molecule has 5 N–H and O–H groups in total. The average Bonchev–Trinajstić information content (AvgIpc) is 3.35. The summed E-state index contributed by atoms with van der Waals surface area (Å²) in [6.07, 6.45) is 0.530. The van der Waals surface area contributed by atoms with Crippen LogP contribution in [0.15, 0.2) is 31.3 Å². The van der Waals surface area contributed by atoms with Gasteiger partial charge in [0.05, 0.1) is 60.6 Å². The second-order valence-electron chi connectivity index (χ2n) is 10.0. The Morgan fingerprint density at radius 2 is 1.25 bits per heavy atom. The fraction of sp³-hybridized carbons (Fsp3) is 0.583. The van der Waals surface area contributed by atoms with Crippen molar-refractivity contribution in [1.82, 2.24) is 20.2 Å². The lowest BCUT2D eigenvalue weighted by Gasteiger charge is -2.16. The topological polar surface area (TPSA) is 225 Å². The Balaban J connectivity index is 1.71. The van der Waals surface area contributed by atoms with Gasteiger partial charge < -0.3 is 19.4 Å². The Labute approximate surface area is 247 Å². The SMILES string of the molecule is CCC(CCP(=O)(O)OCCn1c(=O)c2cc3c(=O)n(CCOP(=O)(O)OCC(CO)CNF)c(=O)c3cc2c1=O)CNF. The zero-order chi connectivity index (χ0) is 32.7. The van der Waals surface area contributed by atoms with Crippen molar-refractivity contribution in [3.8, 4) is 0 Å². The van der Waals surface area contributed by atoms with Crippen LogP contribution >= 0.6 is 15.4 Å². The van der Waals surface area contributed by atoms with Gasteiger partial charge in [-0.1, -0.05) is 13.3 Å². The van der Waals surface area contributed by atoms with E-state index in [1.807, 2.05) is 0 Å². The molecule has 0 saturated heterocycles. The Morgan fingerprint density at radius 3 is 1.68 bits per heavy atom.